The van der Waals surface area contributed by atoms with Crippen molar-refractivity contribution in [3.8, 4) is 5.75 Å². The van der Waals surface area contributed by atoms with Gasteiger partial charge in [0.2, 0.25) is 0 Å². The molecular formula is C25H18N2O5. The normalized spacial score (nSPS) is 12.8. The highest BCUT2D eigenvalue weighted by Crippen LogP contribution is 2.25. The summed E-state index contributed by atoms with van der Waals surface area (Å²) in [6.45, 7) is 0.174. The van der Waals surface area contributed by atoms with Crippen molar-refractivity contribution < 1.29 is 23.5 Å². The highest BCUT2D eigenvalue weighted by molar-refractivity contribution is 6.21. The van der Waals surface area contributed by atoms with Crippen LogP contribution in [0.25, 0.3) is 10.8 Å². The standard InChI is InChI=1S/C25H18N2O5/c1-27-24(29)20-10-7-17(13-21(20)25(27)30)26-23(28)22-11-9-19(32-22)14-31-18-8-6-15-4-2-3-5-16(15)12-18/h2-13H,14H2,1H3,(H,26,28). The number of nitrogens with one attached hydrogen (secondary N) is 1. The summed E-state index contributed by atoms with van der Waals surface area (Å²) in [4.78, 5) is 37.7. The average Bonchev–Trinajstić information content (AvgIpc) is 3.37. The lowest BCUT2D eigenvalue weighted by Gasteiger charge is -2.06. The molecule has 158 valence electrons. The van der Waals surface area contributed by atoms with Crippen molar-refractivity contribution in [2.75, 3.05) is 12.4 Å². The van der Waals surface area contributed by atoms with Crippen LogP contribution in [0, 0.1) is 0 Å². The van der Waals surface area contributed by atoms with E-state index < -0.39 is 11.8 Å². The SMILES string of the molecule is CN1C(=O)c2ccc(NC(=O)c3ccc(COc4ccc5ccccc5c4)o3)cc2C1=O. The van der Waals surface area contributed by atoms with Gasteiger partial charge in [0.05, 0.1) is 11.1 Å². The minimum absolute atomic E-state index is 0.113. The summed E-state index contributed by atoms with van der Waals surface area (Å²) in [6.07, 6.45) is 0. The Bertz CT molecular complexity index is 1390. The highest BCUT2D eigenvalue weighted by atomic mass is 16.5. The molecule has 0 atom stereocenters. The van der Waals surface area contributed by atoms with Gasteiger partial charge in [-0.1, -0.05) is 30.3 Å². The third-order valence-electron chi connectivity index (χ3n) is 5.33. The Hall–Kier alpha value is -4.39. The van der Waals surface area contributed by atoms with Crippen molar-refractivity contribution >= 4 is 34.2 Å². The lowest BCUT2D eigenvalue weighted by Crippen LogP contribution is -2.24. The van der Waals surface area contributed by atoms with E-state index in [1.807, 2.05) is 42.5 Å². The van der Waals surface area contributed by atoms with E-state index in [0.717, 1.165) is 15.7 Å². The summed E-state index contributed by atoms with van der Waals surface area (Å²) in [7, 11) is 1.42. The summed E-state index contributed by atoms with van der Waals surface area (Å²) in [5.41, 5.74) is 0.983. The van der Waals surface area contributed by atoms with Crippen LogP contribution < -0.4 is 10.1 Å². The monoisotopic (exact) mass is 426 g/mol. The Morgan fingerprint density at radius 2 is 1.69 bits per heavy atom. The molecule has 0 unspecified atom stereocenters. The van der Waals surface area contributed by atoms with E-state index in [2.05, 4.69) is 5.32 Å². The second-order valence-corrected chi connectivity index (χ2v) is 7.45. The number of amides is 3. The van der Waals surface area contributed by atoms with Crippen LogP contribution in [-0.4, -0.2) is 29.7 Å². The van der Waals surface area contributed by atoms with Crippen LogP contribution in [0.4, 0.5) is 5.69 Å². The molecule has 7 heteroatoms. The van der Waals surface area contributed by atoms with Gasteiger partial charge in [-0.15, -0.1) is 0 Å². The largest absolute Gasteiger partial charge is 0.486 e. The molecule has 0 aliphatic carbocycles. The summed E-state index contributed by atoms with van der Waals surface area (Å²) in [5.74, 6) is 0.0967. The van der Waals surface area contributed by atoms with E-state index in [1.54, 1.807) is 18.2 Å². The molecule has 32 heavy (non-hydrogen) atoms. The molecule has 1 N–H and O–H groups in total. The Kier molecular flexibility index (Phi) is 4.71. The smallest absolute Gasteiger partial charge is 0.291 e. The van der Waals surface area contributed by atoms with Gasteiger partial charge in [-0.2, -0.15) is 0 Å². The Morgan fingerprint density at radius 1 is 0.906 bits per heavy atom. The first kappa shape index (κ1) is 19.6. The Labute approximate surface area is 183 Å². The van der Waals surface area contributed by atoms with Crippen LogP contribution in [0.2, 0.25) is 0 Å². The predicted molar refractivity (Wildman–Crippen MR) is 118 cm³/mol. The summed E-state index contributed by atoms with van der Waals surface area (Å²) in [6, 6.07) is 21.6. The third-order valence-corrected chi connectivity index (χ3v) is 5.33. The van der Waals surface area contributed by atoms with E-state index in [4.69, 9.17) is 9.15 Å². The van der Waals surface area contributed by atoms with Gasteiger partial charge in [0, 0.05) is 12.7 Å². The van der Waals surface area contributed by atoms with Gasteiger partial charge in [0.1, 0.15) is 18.1 Å². The van der Waals surface area contributed by atoms with Gasteiger partial charge in [0.15, 0.2) is 5.76 Å². The maximum absolute atomic E-state index is 12.6. The van der Waals surface area contributed by atoms with Gasteiger partial charge in [-0.25, -0.2) is 0 Å². The quantitative estimate of drug-likeness (QED) is 0.475. The second-order valence-electron chi connectivity index (χ2n) is 7.45. The summed E-state index contributed by atoms with van der Waals surface area (Å²) in [5, 5.41) is 4.89. The molecule has 1 aliphatic heterocycles. The molecule has 7 nitrogen and oxygen atoms in total. The van der Waals surface area contributed by atoms with Crippen LogP contribution >= 0.6 is 0 Å². The summed E-state index contributed by atoms with van der Waals surface area (Å²) >= 11 is 0. The Balaban J connectivity index is 1.25. The molecule has 0 radical (unpaired) electrons. The molecule has 4 aromatic rings. The number of furan rings is 1. The van der Waals surface area contributed by atoms with E-state index in [1.165, 1.54) is 19.2 Å². The number of benzene rings is 3. The van der Waals surface area contributed by atoms with Crippen molar-refractivity contribution in [1.29, 1.82) is 0 Å². The number of rotatable bonds is 5. The molecule has 0 saturated carbocycles. The van der Waals surface area contributed by atoms with Crippen LogP contribution in [0.5, 0.6) is 5.75 Å². The maximum atomic E-state index is 12.6. The first-order chi connectivity index (χ1) is 15.5. The molecule has 0 spiro atoms. The number of carbonyl (C=O) groups excluding carboxylic acids is 3. The predicted octanol–water partition coefficient (Wildman–Crippen LogP) is 4.49. The molecular weight excluding hydrogens is 408 g/mol. The zero-order chi connectivity index (χ0) is 22.2. The fourth-order valence-electron chi connectivity index (χ4n) is 3.62. The fraction of sp³-hybridized carbons (Fsp3) is 0.0800. The molecule has 0 fully saturated rings. The van der Waals surface area contributed by atoms with E-state index >= 15 is 0 Å². The molecule has 0 bridgehead atoms. The maximum Gasteiger partial charge on any atom is 0.291 e. The first-order valence-corrected chi connectivity index (χ1v) is 9.98. The number of imide groups is 1. The molecule has 3 aromatic carbocycles. The van der Waals surface area contributed by atoms with Gasteiger partial charge in [-0.3, -0.25) is 19.3 Å². The average molecular weight is 426 g/mol. The molecule has 3 amide bonds. The van der Waals surface area contributed by atoms with Crippen molar-refractivity contribution in [3.05, 3.63) is 95.4 Å². The fourth-order valence-corrected chi connectivity index (χ4v) is 3.62. The lowest BCUT2D eigenvalue weighted by atomic mass is 10.1. The number of ether oxygens (including phenoxy) is 1. The van der Waals surface area contributed by atoms with Crippen molar-refractivity contribution in [2.45, 2.75) is 6.61 Å². The van der Waals surface area contributed by atoms with Crippen LogP contribution in [-0.2, 0) is 6.61 Å². The molecule has 1 aliphatic rings. The van der Waals surface area contributed by atoms with E-state index in [-0.39, 0.29) is 23.8 Å². The lowest BCUT2D eigenvalue weighted by molar-refractivity contribution is 0.0692. The van der Waals surface area contributed by atoms with E-state index in [9.17, 15) is 14.4 Å². The van der Waals surface area contributed by atoms with Gasteiger partial charge in [-0.05, 0) is 53.2 Å². The third kappa shape index (κ3) is 3.50. The zero-order valence-electron chi connectivity index (χ0n) is 17.1. The molecule has 5 rings (SSSR count). The van der Waals surface area contributed by atoms with Crippen molar-refractivity contribution in [1.82, 2.24) is 4.90 Å². The number of hydrogen-bond donors (Lipinski definition) is 1. The summed E-state index contributed by atoms with van der Waals surface area (Å²) < 4.78 is 11.4. The molecule has 2 heterocycles. The second kappa shape index (κ2) is 7.70. The van der Waals surface area contributed by atoms with Crippen LogP contribution in [0.3, 0.4) is 0 Å². The first-order valence-electron chi connectivity index (χ1n) is 9.98. The van der Waals surface area contributed by atoms with Crippen LogP contribution in [0.15, 0.2) is 77.2 Å². The zero-order valence-corrected chi connectivity index (χ0v) is 17.1. The topological polar surface area (TPSA) is 88.8 Å². The number of anilines is 1. The van der Waals surface area contributed by atoms with Gasteiger partial charge in [0.25, 0.3) is 17.7 Å². The number of nitrogens with zero attached hydrogens (tertiary/aromatic N) is 1. The minimum Gasteiger partial charge on any atom is -0.486 e. The van der Waals surface area contributed by atoms with E-state index in [0.29, 0.717) is 22.8 Å². The molecule has 1 aromatic heterocycles. The van der Waals surface area contributed by atoms with Crippen LogP contribution in [0.1, 0.15) is 37.0 Å². The minimum atomic E-state index is -0.466. The van der Waals surface area contributed by atoms with Gasteiger partial charge < -0.3 is 14.5 Å². The van der Waals surface area contributed by atoms with Crippen molar-refractivity contribution in [3.63, 3.8) is 0 Å². The highest BCUT2D eigenvalue weighted by Gasteiger charge is 2.32. The molecule has 0 saturated heterocycles. The van der Waals surface area contributed by atoms with Gasteiger partial charge >= 0.3 is 0 Å². The number of carbonyl (C=O) groups is 3. The number of hydrogen-bond acceptors (Lipinski definition) is 5. The Morgan fingerprint density at radius 3 is 2.53 bits per heavy atom. The van der Waals surface area contributed by atoms with Crippen molar-refractivity contribution in [2.24, 2.45) is 0 Å². The number of fused-ring (bicyclic) bond motifs is 2.